The van der Waals surface area contributed by atoms with Crippen LogP contribution < -0.4 is 11.1 Å². The summed E-state index contributed by atoms with van der Waals surface area (Å²) in [4.78, 5) is 15.0. The topological polar surface area (TPSA) is 58.0 Å². The van der Waals surface area contributed by atoms with Gasteiger partial charge < -0.3 is 9.73 Å². The fourth-order valence-electron chi connectivity index (χ4n) is 2.07. The summed E-state index contributed by atoms with van der Waals surface area (Å²) in [7, 11) is 1.92. The molecule has 4 nitrogen and oxygen atoms in total. The van der Waals surface area contributed by atoms with Crippen molar-refractivity contribution in [3.8, 4) is 0 Å². The zero-order chi connectivity index (χ0) is 12.5. The van der Waals surface area contributed by atoms with Crippen LogP contribution in [0.15, 0.2) is 44.9 Å². The Morgan fingerprint density at radius 1 is 1.39 bits per heavy atom. The molecule has 2 N–H and O–H groups in total. The van der Waals surface area contributed by atoms with E-state index in [-0.39, 0.29) is 6.04 Å². The Hall–Kier alpha value is -1.85. The molecule has 0 saturated carbocycles. The average molecular weight is 260 g/mol. The van der Waals surface area contributed by atoms with Crippen molar-refractivity contribution in [2.24, 2.45) is 0 Å². The first-order chi connectivity index (χ1) is 8.78. The third-order valence-electron chi connectivity index (χ3n) is 2.89. The Bertz CT molecular complexity index is 712. The summed E-state index contributed by atoms with van der Waals surface area (Å²) >= 11 is 1.70. The van der Waals surface area contributed by atoms with Crippen LogP contribution in [0.5, 0.6) is 0 Å². The highest BCUT2D eigenvalue weighted by molar-refractivity contribution is 7.10. The molecule has 3 rings (SSSR count). The second-order valence-corrected chi connectivity index (χ2v) is 4.99. The quantitative estimate of drug-likeness (QED) is 0.760. The Morgan fingerprint density at radius 3 is 3.00 bits per heavy atom. The molecule has 1 atom stereocenters. The molecule has 0 fully saturated rings. The molecule has 0 aliphatic rings. The number of hydrogen-bond acceptors (Lipinski definition) is 4. The number of rotatable bonds is 3. The van der Waals surface area contributed by atoms with E-state index in [0.29, 0.717) is 5.58 Å². The van der Waals surface area contributed by atoms with Crippen LogP contribution in [-0.2, 0) is 0 Å². The van der Waals surface area contributed by atoms with Crippen molar-refractivity contribution in [1.82, 2.24) is 10.3 Å². The fraction of sp³-hybridized carbons (Fsp3) is 0.154. The first kappa shape index (κ1) is 11.3. The summed E-state index contributed by atoms with van der Waals surface area (Å²) < 4.78 is 5.09. The molecule has 92 valence electrons. The number of benzene rings is 1. The summed E-state index contributed by atoms with van der Waals surface area (Å²) in [6.07, 6.45) is 0. The lowest BCUT2D eigenvalue weighted by atomic mass is 10.1. The molecular formula is C13H12N2O2S. The summed E-state index contributed by atoms with van der Waals surface area (Å²) in [6.45, 7) is 0. The third-order valence-corrected chi connectivity index (χ3v) is 3.83. The second kappa shape index (κ2) is 4.44. The van der Waals surface area contributed by atoms with Gasteiger partial charge in [-0.15, -0.1) is 11.3 Å². The van der Waals surface area contributed by atoms with Crippen LogP contribution in [0.25, 0.3) is 11.1 Å². The molecule has 0 aliphatic carbocycles. The van der Waals surface area contributed by atoms with Crippen LogP contribution >= 0.6 is 11.3 Å². The van der Waals surface area contributed by atoms with E-state index < -0.39 is 5.76 Å². The van der Waals surface area contributed by atoms with Crippen LogP contribution in [0.3, 0.4) is 0 Å². The SMILES string of the molecule is CNC(c1ccc2[nH]c(=O)oc2c1)c1cccs1. The maximum absolute atomic E-state index is 11.1. The molecule has 3 aromatic rings. The lowest BCUT2D eigenvalue weighted by molar-refractivity contribution is 0.554. The Morgan fingerprint density at radius 2 is 2.28 bits per heavy atom. The zero-order valence-electron chi connectivity index (χ0n) is 9.77. The number of H-pyrrole nitrogens is 1. The van der Waals surface area contributed by atoms with Crippen molar-refractivity contribution >= 4 is 22.4 Å². The molecule has 0 saturated heterocycles. The minimum absolute atomic E-state index is 0.120. The van der Waals surface area contributed by atoms with E-state index in [1.54, 1.807) is 11.3 Å². The minimum atomic E-state index is -0.417. The van der Waals surface area contributed by atoms with Crippen LogP contribution in [-0.4, -0.2) is 12.0 Å². The predicted molar refractivity (Wildman–Crippen MR) is 72.1 cm³/mol. The smallest absolute Gasteiger partial charge is 0.408 e. The Kier molecular flexibility index (Phi) is 2.77. The Labute approximate surface area is 107 Å². The van der Waals surface area contributed by atoms with E-state index in [2.05, 4.69) is 21.7 Å². The lowest BCUT2D eigenvalue weighted by Crippen LogP contribution is -2.16. The summed E-state index contributed by atoms with van der Waals surface area (Å²) in [5.41, 5.74) is 2.40. The highest BCUT2D eigenvalue weighted by Crippen LogP contribution is 2.27. The molecule has 0 amide bonds. The molecule has 0 radical (unpaired) electrons. The lowest BCUT2D eigenvalue weighted by Gasteiger charge is -2.14. The first-order valence-electron chi connectivity index (χ1n) is 5.61. The molecule has 0 bridgehead atoms. The van der Waals surface area contributed by atoms with Crippen molar-refractivity contribution in [3.63, 3.8) is 0 Å². The van der Waals surface area contributed by atoms with E-state index >= 15 is 0 Å². The molecule has 2 heterocycles. The van der Waals surface area contributed by atoms with Crippen molar-refractivity contribution in [3.05, 3.63) is 56.7 Å². The first-order valence-corrected chi connectivity index (χ1v) is 6.49. The van der Waals surface area contributed by atoms with Gasteiger partial charge >= 0.3 is 5.76 Å². The van der Waals surface area contributed by atoms with Gasteiger partial charge in [0.2, 0.25) is 0 Å². The number of hydrogen-bond donors (Lipinski definition) is 2. The summed E-state index contributed by atoms with van der Waals surface area (Å²) in [5, 5.41) is 5.32. The molecule has 0 aliphatic heterocycles. The molecule has 1 unspecified atom stereocenters. The van der Waals surface area contributed by atoms with E-state index in [1.807, 2.05) is 31.3 Å². The van der Waals surface area contributed by atoms with Gasteiger partial charge in [-0.25, -0.2) is 4.79 Å². The monoisotopic (exact) mass is 260 g/mol. The Balaban J connectivity index is 2.09. The van der Waals surface area contributed by atoms with Crippen molar-refractivity contribution in [2.75, 3.05) is 7.05 Å². The van der Waals surface area contributed by atoms with Crippen LogP contribution in [0.1, 0.15) is 16.5 Å². The number of aromatic nitrogens is 1. The van der Waals surface area contributed by atoms with Gasteiger partial charge in [0.1, 0.15) is 0 Å². The van der Waals surface area contributed by atoms with Crippen LogP contribution in [0.2, 0.25) is 0 Å². The van der Waals surface area contributed by atoms with Gasteiger partial charge in [0, 0.05) is 4.88 Å². The fourth-order valence-corrected chi connectivity index (χ4v) is 2.93. The van der Waals surface area contributed by atoms with Gasteiger partial charge in [-0.3, -0.25) is 4.98 Å². The van der Waals surface area contributed by atoms with Gasteiger partial charge in [0.05, 0.1) is 11.6 Å². The standard InChI is InChI=1S/C13H12N2O2S/c1-14-12(11-3-2-6-18-11)8-4-5-9-10(7-8)17-13(16)15-9/h2-7,12,14H,1H3,(H,15,16). The van der Waals surface area contributed by atoms with E-state index in [0.717, 1.165) is 11.1 Å². The van der Waals surface area contributed by atoms with Crippen LogP contribution in [0, 0.1) is 0 Å². The predicted octanol–water partition coefficient (Wildman–Crippen LogP) is 2.49. The normalized spacial score (nSPS) is 12.9. The summed E-state index contributed by atoms with van der Waals surface area (Å²) in [5.74, 6) is -0.417. The molecule has 5 heteroatoms. The largest absolute Gasteiger partial charge is 0.417 e. The highest BCUT2D eigenvalue weighted by Gasteiger charge is 2.14. The zero-order valence-corrected chi connectivity index (χ0v) is 10.6. The van der Waals surface area contributed by atoms with Crippen molar-refractivity contribution in [2.45, 2.75) is 6.04 Å². The molecule has 1 aromatic carbocycles. The van der Waals surface area contributed by atoms with Crippen LogP contribution in [0.4, 0.5) is 0 Å². The number of thiophene rings is 1. The van der Waals surface area contributed by atoms with E-state index in [1.165, 1.54) is 4.88 Å². The van der Waals surface area contributed by atoms with E-state index in [9.17, 15) is 4.79 Å². The maximum atomic E-state index is 11.1. The maximum Gasteiger partial charge on any atom is 0.417 e. The third kappa shape index (κ3) is 1.87. The second-order valence-electron chi connectivity index (χ2n) is 4.01. The van der Waals surface area contributed by atoms with Crippen molar-refractivity contribution < 1.29 is 4.42 Å². The number of nitrogens with one attached hydrogen (secondary N) is 2. The van der Waals surface area contributed by atoms with Gasteiger partial charge in [-0.05, 0) is 36.2 Å². The highest BCUT2D eigenvalue weighted by atomic mass is 32.1. The number of fused-ring (bicyclic) bond motifs is 1. The van der Waals surface area contributed by atoms with E-state index in [4.69, 9.17) is 4.42 Å². The minimum Gasteiger partial charge on any atom is -0.408 e. The van der Waals surface area contributed by atoms with Gasteiger partial charge in [-0.1, -0.05) is 12.1 Å². The number of oxazole rings is 1. The molecule has 18 heavy (non-hydrogen) atoms. The molecule has 0 spiro atoms. The van der Waals surface area contributed by atoms with Gasteiger partial charge in [-0.2, -0.15) is 0 Å². The average Bonchev–Trinajstić information content (AvgIpc) is 2.97. The molecular weight excluding hydrogens is 248 g/mol. The van der Waals surface area contributed by atoms with Crippen molar-refractivity contribution in [1.29, 1.82) is 0 Å². The molecule has 2 aromatic heterocycles. The number of aromatic amines is 1. The van der Waals surface area contributed by atoms with Gasteiger partial charge in [0.15, 0.2) is 5.58 Å². The van der Waals surface area contributed by atoms with Gasteiger partial charge in [0.25, 0.3) is 0 Å². The summed E-state index contributed by atoms with van der Waals surface area (Å²) in [6, 6.07) is 9.99.